The summed E-state index contributed by atoms with van der Waals surface area (Å²) in [6.07, 6.45) is 13.2. The summed E-state index contributed by atoms with van der Waals surface area (Å²) in [6.45, 7) is 10.7. The zero-order valence-corrected chi connectivity index (χ0v) is 13.4. The highest BCUT2D eigenvalue weighted by Gasteiger charge is 2.38. The Balaban J connectivity index is 1.71. The van der Waals surface area contributed by atoms with Gasteiger partial charge in [-0.05, 0) is 49.4 Å². The molecule has 0 radical (unpaired) electrons. The van der Waals surface area contributed by atoms with E-state index >= 15 is 0 Å². The average Bonchev–Trinajstić information content (AvgIpc) is 2.98. The summed E-state index contributed by atoms with van der Waals surface area (Å²) >= 11 is 0. The van der Waals surface area contributed by atoms with Crippen LogP contribution in [0.4, 0.5) is 0 Å². The fourth-order valence-electron chi connectivity index (χ4n) is 3.93. The lowest BCUT2D eigenvalue weighted by Crippen LogP contribution is -2.40. The van der Waals surface area contributed by atoms with Gasteiger partial charge in [0, 0.05) is 12.6 Å². The van der Waals surface area contributed by atoms with Crippen molar-refractivity contribution in [3.63, 3.8) is 0 Å². The highest BCUT2D eigenvalue weighted by atomic mass is 14.9. The Morgan fingerprint density at radius 3 is 2.58 bits per heavy atom. The molecule has 0 spiro atoms. The predicted molar refractivity (Wildman–Crippen MR) is 84.2 cm³/mol. The third-order valence-electron chi connectivity index (χ3n) is 5.33. The van der Waals surface area contributed by atoms with Crippen molar-refractivity contribution in [3.8, 4) is 0 Å². The van der Waals surface area contributed by atoms with Gasteiger partial charge in [0.05, 0.1) is 0 Å². The molecular weight excluding hydrogens is 230 g/mol. The third kappa shape index (κ3) is 4.08. The summed E-state index contributed by atoms with van der Waals surface area (Å²) in [7, 11) is 0. The minimum absolute atomic E-state index is 0.455. The number of rotatable bonds is 8. The van der Waals surface area contributed by atoms with E-state index in [9.17, 15) is 0 Å². The Morgan fingerprint density at radius 1 is 1.21 bits per heavy atom. The molecule has 0 amide bonds. The van der Waals surface area contributed by atoms with Crippen LogP contribution < -0.4 is 5.32 Å². The van der Waals surface area contributed by atoms with Crippen LogP contribution >= 0.6 is 0 Å². The van der Waals surface area contributed by atoms with Gasteiger partial charge in [0.15, 0.2) is 0 Å². The largest absolute Gasteiger partial charge is 0.313 e. The second-order valence-electron chi connectivity index (χ2n) is 7.73. The van der Waals surface area contributed by atoms with Crippen molar-refractivity contribution < 1.29 is 0 Å². The minimum Gasteiger partial charge on any atom is -0.313 e. The monoisotopic (exact) mass is 263 g/mol. The molecule has 0 aromatic carbocycles. The molecule has 0 aromatic rings. The zero-order valence-electron chi connectivity index (χ0n) is 13.4. The summed E-state index contributed by atoms with van der Waals surface area (Å²) in [4.78, 5) is 0. The topological polar surface area (TPSA) is 12.0 Å². The lowest BCUT2D eigenvalue weighted by molar-refractivity contribution is 0.252. The zero-order chi connectivity index (χ0) is 13.9. The lowest BCUT2D eigenvalue weighted by Gasteiger charge is -2.31. The summed E-state index contributed by atoms with van der Waals surface area (Å²) in [6, 6.07) is 0.686. The number of hydrogen-bond donors (Lipinski definition) is 1. The van der Waals surface area contributed by atoms with Gasteiger partial charge in [-0.3, -0.25) is 0 Å². The highest BCUT2D eigenvalue weighted by molar-refractivity contribution is 5.11. The number of hydrogen-bond acceptors (Lipinski definition) is 1. The molecule has 1 fully saturated rings. The van der Waals surface area contributed by atoms with Crippen molar-refractivity contribution in [3.05, 3.63) is 12.2 Å². The Hall–Kier alpha value is -0.300. The van der Waals surface area contributed by atoms with Crippen LogP contribution in [-0.4, -0.2) is 12.6 Å². The van der Waals surface area contributed by atoms with Crippen LogP contribution in [0, 0.1) is 23.2 Å². The molecule has 2 bridgehead atoms. The first-order valence-electron chi connectivity index (χ1n) is 8.43. The van der Waals surface area contributed by atoms with Gasteiger partial charge in [0.25, 0.3) is 0 Å². The highest BCUT2D eigenvalue weighted by Crippen LogP contribution is 2.44. The van der Waals surface area contributed by atoms with E-state index in [4.69, 9.17) is 0 Å². The Morgan fingerprint density at radius 2 is 2.00 bits per heavy atom. The minimum atomic E-state index is 0.455. The van der Waals surface area contributed by atoms with E-state index in [2.05, 4.69) is 45.2 Å². The van der Waals surface area contributed by atoms with Crippen LogP contribution in [0.15, 0.2) is 12.2 Å². The molecule has 19 heavy (non-hydrogen) atoms. The van der Waals surface area contributed by atoms with E-state index in [-0.39, 0.29) is 0 Å². The molecule has 2 aliphatic rings. The third-order valence-corrected chi connectivity index (χ3v) is 5.33. The number of fused-ring (bicyclic) bond motifs is 2. The van der Waals surface area contributed by atoms with E-state index in [1.165, 1.54) is 45.1 Å². The SMILES string of the molecule is CCCCCC(C)(C)CNC(C)C1CC2C=CC1C2. The number of allylic oxidation sites excluding steroid dienone is 2. The molecule has 0 saturated heterocycles. The molecule has 0 aliphatic heterocycles. The Kier molecular flexibility index (Phi) is 5.11. The first-order valence-corrected chi connectivity index (χ1v) is 8.43. The molecule has 1 saturated carbocycles. The van der Waals surface area contributed by atoms with Crippen molar-refractivity contribution in [2.24, 2.45) is 23.2 Å². The van der Waals surface area contributed by atoms with Gasteiger partial charge < -0.3 is 5.32 Å². The molecule has 0 aromatic heterocycles. The maximum Gasteiger partial charge on any atom is 0.00730 e. The van der Waals surface area contributed by atoms with Gasteiger partial charge in [-0.1, -0.05) is 52.2 Å². The van der Waals surface area contributed by atoms with Gasteiger partial charge in [0.2, 0.25) is 0 Å². The fraction of sp³-hybridized carbons (Fsp3) is 0.889. The summed E-state index contributed by atoms with van der Waals surface area (Å²) < 4.78 is 0. The Bertz CT molecular complexity index is 305. The average molecular weight is 263 g/mol. The molecule has 1 heteroatoms. The van der Waals surface area contributed by atoms with Gasteiger partial charge >= 0.3 is 0 Å². The van der Waals surface area contributed by atoms with Crippen molar-refractivity contribution in [1.29, 1.82) is 0 Å². The quantitative estimate of drug-likeness (QED) is 0.491. The van der Waals surface area contributed by atoms with Crippen molar-refractivity contribution in [2.75, 3.05) is 6.54 Å². The standard InChI is InChI=1S/C18H33N/c1-5-6-7-10-18(3,4)13-19-14(2)17-12-15-8-9-16(17)11-15/h8-9,14-17,19H,5-7,10-13H2,1-4H3. The van der Waals surface area contributed by atoms with Gasteiger partial charge in [-0.25, -0.2) is 0 Å². The first-order chi connectivity index (χ1) is 9.02. The summed E-state index contributed by atoms with van der Waals surface area (Å²) in [5, 5.41) is 3.84. The second-order valence-corrected chi connectivity index (χ2v) is 7.73. The molecule has 2 aliphatic carbocycles. The molecule has 1 nitrogen and oxygen atoms in total. The van der Waals surface area contributed by atoms with Crippen LogP contribution in [0.1, 0.15) is 66.2 Å². The van der Waals surface area contributed by atoms with Crippen molar-refractivity contribution >= 4 is 0 Å². The van der Waals surface area contributed by atoms with E-state index < -0.39 is 0 Å². The van der Waals surface area contributed by atoms with E-state index in [0.29, 0.717) is 11.5 Å². The smallest absolute Gasteiger partial charge is 0.00730 e. The summed E-state index contributed by atoms with van der Waals surface area (Å²) in [5.74, 6) is 2.66. The van der Waals surface area contributed by atoms with Crippen LogP contribution in [0.5, 0.6) is 0 Å². The van der Waals surface area contributed by atoms with Crippen molar-refractivity contribution in [1.82, 2.24) is 5.32 Å². The van der Waals surface area contributed by atoms with Gasteiger partial charge in [0.1, 0.15) is 0 Å². The number of unbranched alkanes of at least 4 members (excludes halogenated alkanes) is 2. The number of nitrogens with one attached hydrogen (secondary N) is 1. The molecule has 4 unspecified atom stereocenters. The van der Waals surface area contributed by atoms with E-state index in [1.54, 1.807) is 0 Å². The van der Waals surface area contributed by atoms with Crippen LogP contribution in [0.3, 0.4) is 0 Å². The van der Waals surface area contributed by atoms with Gasteiger partial charge in [-0.15, -0.1) is 0 Å². The molecular formula is C18H33N. The normalized spacial score (nSPS) is 31.1. The van der Waals surface area contributed by atoms with Crippen LogP contribution in [0.2, 0.25) is 0 Å². The maximum absolute atomic E-state index is 3.84. The van der Waals surface area contributed by atoms with E-state index in [0.717, 1.165) is 17.8 Å². The summed E-state index contributed by atoms with van der Waals surface area (Å²) in [5.41, 5.74) is 0.455. The first kappa shape index (κ1) is 15.1. The molecule has 110 valence electrons. The molecule has 2 rings (SSSR count). The molecule has 0 heterocycles. The predicted octanol–water partition coefficient (Wildman–Crippen LogP) is 4.78. The fourth-order valence-corrected chi connectivity index (χ4v) is 3.93. The maximum atomic E-state index is 3.84. The Labute approximate surface area is 120 Å². The van der Waals surface area contributed by atoms with Crippen molar-refractivity contribution in [2.45, 2.75) is 72.3 Å². The molecule has 1 N–H and O–H groups in total. The van der Waals surface area contributed by atoms with E-state index in [1.807, 2.05) is 0 Å². The van der Waals surface area contributed by atoms with Crippen LogP contribution in [-0.2, 0) is 0 Å². The van der Waals surface area contributed by atoms with Crippen LogP contribution in [0.25, 0.3) is 0 Å². The lowest BCUT2D eigenvalue weighted by atomic mass is 9.84. The van der Waals surface area contributed by atoms with Gasteiger partial charge in [-0.2, -0.15) is 0 Å². The second kappa shape index (κ2) is 6.43. The molecule has 4 atom stereocenters.